The fourth-order valence-corrected chi connectivity index (χ4v) is 4.30. The van der Waals surface area contributed by atoms with Crippen LogP contribution in [0.3, 0.4) is 0 Å². The topological polar surface area (TPSA) is 119 Å². The van der Waals surface area contributed by atoms with Gasteiger partial charge >= 0.3 is 0 Å². The van der Waals surface area contributed by atoms with Crippen LogP contribution < -0.4 is 16.0 Å². The Morgan fingerprint density at radius 1 is 1.30 bits per heavy atom. The summed E-state index contributed by atoms with van der Waals surface area (Å²) >= 11 is 1.29. The minimum Gasteiger partial charge on any atom is -0.378 e. The van der Waals surface area contributed by atoms with E-state index in [1.807, 2.05) is 10.6 Å². The van der Waals surface area contributed by atoms with Crippen LogP contribution >= 0.6 is 11.3 Å². The fraction of sp³-hybridized carbons (Fsp3) is 0.286. The lowest BCUT2D eigenvalue weighted by molar-refractivity contribution is -0.125. The van der Waals surface area contributed by atoms with Gasteiger partial charge in [-0.2, -0.15) is 0 Å². The maximum Gasteiger partial charge on any atom is 0.239 e. The van der Waals surface area contributed by atoms with E-state index in [1.165, 1.54) is 17.4 Å². The Balaban J connectivity index is 1.25. The number of anilines is 2. The molecule has 170 valence electrons. The number of fused-ring (bicyclic) bond motifs is 1. The molecule has 0 saturated carbocycles. The average Bonchev–Trinajstić information content (AvgIpc) is 3.47. The van der Waals surface area contributed by atoms with Crippen molar-refractivity contribution in [3.8, 4) is 10.6 Å². The number of carbonyl (C=O) groups excluding carboxylic acids is 1. The van der Waals surface area contributed by atoms with Crippen molar-refractivity contribution in [1.29, 1.82) is 0 Å². The first-order valence-electron chi connectivity index (χ1n) is 10.4. The van der Waals surface area contributed by atoms with E-state index in [9.17, 15) is 9.18 Å². The van der Waals surface area contributed by atoms with E-state index in [4.69, 9.17) is 4.74 Å². The molecule has 33 heavy (non-hydrogen) atoms. The van der Waals surface area contributed by atoms with E-state index >= 15 is 0 Å². The predicted molar refractivity (Wildman–Crippen MR) is 122 cm³/mol. The molecule has 1 amide bonds. The highest BCUT2D eigenvalue weighted by Gasteiger charge is 2.20. The number of aromatic nitrogens is 5. The molecule has 0 aliphatic carbocycles. The Labute approximate surface area is 192 Å². The van der Waals surface area contributed by atoms with E-state index in [2.05, 4.69) is 35.9 Å². The number of carbonyl (C=O) groups is 1. The monoisotopic (exact) mass is 468 g/mol. The van der Waals surface area contributed by atoms with Gasteiger partial charge in [0.05, 0.1) is 36.1 Å². The molecule has 0 radical (unpaired) electrons. The highest BCUT2D eigenvalue weighted by molar-refractivity contribution is 7.18. The van der Waals surface area contributed by atoms with Crippen molar-refractivity contribution < 1.29 is 13.9 Å². The van der Waals surface area contributed by atoms with Crippen LogP contribution in [0.5, 0.6) is 0 Å². The normalized spacial score (nSPS) is 16.1. The summed E-state index contributed by atoms with van der Waals surface area (Å²) < 4.78 is 21.3. The number of pyridine rings is 2. The summed E-state index contributed by atoms with van der Waals surface area (Å²) in [5.74, 6) is 0.112. The third kappa shape index (κ3) is 4.82. The second-order valence-electron chi connectivity index (χ2n) is 7.36. The third-order valence-corrected chi connectivity index (χ3v) is 6.05. The van der Waals surface area contributed by atoms with Crippen LogP contribution in [-0.4, -0.2) is 62.8 Å². The van der Waals surface area contributed by atoms with Crippen molar-refractivity contribution in [2.24, 2.45) is 0 Å². The second-order valence-corrected chi connectivity index (χ2v) is 8.39. The number of hydrogen-bond donors (Lipinski definition) is 3. The molecule has 1 aliphatic rings. The first kappa shape index (κ1) is 21.4. The minimum absolute atomic E-state index is 0.0768. The van der Waals surface area contributed by atoms with E-state index in [1.54, 1.807) is 31.0 Å². The van der Waals surface area contributed by atoms with Crippen LogP contribution in [-0.2, 0) is 16.1 Å². The maximum absolute atomic E-state index is 14.0. The number of rotatable bonds is 7. The van der Waals surface area contributed by atoms with Gasteiger partial charge in [-0.3, -0.25) is 9.78 Å². The van der Waals surface area contributed by atoms with Crippen LogP contribution in [0, 0.1) is 5.82 Å². The molecule has 4 aromatic heterocycles. The van der Waals surface area contributed by atoms with E-state index in [0.29, 0.717) is 48.7 Å². The molecule has 3 N–H and O–H groups in total. The average molecular weight is 469 g/mol. The van der Waals surface area contributed by atoms with Gasteiger partial charge in [0, 0.05) is 38.1 Å². The first-order valence-corrected chi connectivity index (χ1v) is 11.2. The van der Waals surface area contributed by atoms with Crippen LogP contribution in [0.25, 0.3) is 21.6 Å². The molecule has 1 aliphatic heterocycles. The maximum atomic E-state index is 14.0. The Bertz CT molecular complexity index is 1270. The highest BCUT2D eigenvalue weighted by atomic mass is 32.1. The smallest absolute Gasteiger partial charge is 0.239 e. The van der Waals surface area contributed by atoms with Gasteiger partial charge in [0.1, 0.15) is 28.9 Å². The molecule has 1 atom stereocenters. The van der Waals surface area contributed by atoms with E-state index < -0.39 is 5.82 Å². The Hall–Kier alpha value is -3.48. The van der Waals surface area contributed by atoms with Crippen molar-refractivity contribution >= 4 is 39.2 Å². The van der Waals surface area contributed by atoms with Gasteiger partial charge in [0.2, 0.25) is 5.91 Å². The Morgan fingerprint density at radius 3 is 3.09 bits per heavy atom. The quantitative estimate of drug-likeness (QED) is 0.377. The van der Waals surface area contributed by atoms with Crippen molar-refractivity contribution in [2.45, 2.75) is 12.6 Å². The number of hydrogen-bond acceptors (Lipinski definition) is 9. The summed E-state index contributed by atoms with van der Waals surface area (Å²) in [6.45, 7) is 2.69. The number of thiazole rings is 1. The largest absolute Gasteiger partial charge is 0.378 e. The summed E-state index contributed by atoms with van der Waals surface area (Å²) in [7, 11) is 0. The van der Waals surface area contributed by atoms with Gasteiger partial charge in [-0.25, -0.2) is 19.3 Å². The van der Waals surface area contributed by atoms with Crippen LogP contribution in [0.4, 0.5) is 15.3 Å². The van der Waals surface area contributed by atoms with E-state index in [-0.39, 0.29) is 17.6 Å². The van der Waals surface area contributed by atoms with Crippen molar-refractivity contribution in [1.82, 2.24) is 35.1 Å². The van der Waals surface area contributed by atoms with Crippen molar-refractivity contribution in [2.75, 3.05) is 31.6 Å². The molecular formula is C21H21FN8O2S. The SMILES string of the molecule is O=C(NCCn1cnc2cnc(Nc3ncc(-c4ncccc4F)s3)cc21)[C@@H]1COCCN1. The molecule has 1 saturated heterocycles. The first-order chi connectivity index (χ1) is 16.2. The lowest BCUT2D eigenvalue weighted by Gasteiger charge is -2.22. The fourth-order valence-electron chi connectivity index (χ4n) is 3.48. The molecule has 0 spiro atoms. The van der Waals surface area contributed by atoms with Gasteiger partial charge in [-0.05, 0) is 12.1 Å². The summed E-state index contributed by atoms with van der Waals surface area (Å²) in [6, 6.07) is 4.46. The molecule has 0 aromatic carbocycles. The third-order valence-electron chi connectivity index (χ3n) is 5.13. The summed E-state index contributed by atoms with van der Waals surface area (Å²) in [6.07, 6.45) is 6.51. The molecule has 0 bridgehead atoms. The van der Waals surface area contributed by atoms with E-state index in [0.717, 1.165) is 11.0 Å². The van der Waals surface area contributed by atoms with Crippen LogP contribution in [0.15, 0.2) is 43.1 Å². The Kier molecular flexibility index (Phi) is 6.19. The number of amides is 1. The standard InChI is InChI=1S/C21H21FN8O2S/c22-13-2-1-3-24-19(13)17-10-27-21(33-17)29-18-8-16-14(9-26-18)28-12-30(16)6-4-25-20(31)15-11-32-7-5-23-15/h1-3,8-10,12,15,23H,4-7,11H2,(H,25,31)(H,26,27,29)/t15-/m0/s1. The van der Waals surface area contributed by atoms with Gasteiger partial charge in [-0.1, -0.05) is 11.3 Å². The summed E-state index contributed by atoms with van der Waals surface area (Å²) in [4.78, 5) is 30.0. The lowest BCUT2D eigenvalue weighted by Crippen LogP contribution is -2.51. The second kappa shape index (κ2) is 9.57. The molecule has 10 nitrogen and oxygen atoms in total. The summed E-state index contributed by atoms with van der Waals surface area (Å²) in [5.41, 5.74) is 1.87. The molecule has 0 unspecified atom stereocenters. The highest BCUT2D eigenvalue weighted by Crippen LogP contribution is 2.30. The zero-order valence-corrected chi connectivity index (χ0v) is 18.3. The zero-order valence-electron chi connectivity index (χ0n) is 17.5. The molecule has 4 aromatic rings. The molecular weight excluding hydrogens is 447 g/mol. The predicted octanol–water partition coefficient (Wildman–Crippen LogP) is 1.94. The van der Waals surface area contributed by atoms with Gasteiger partial charge < -0.3 is 25.3 Å². The van der Waals surface area contributed by atoms with Crippen molar-refractivity contribution in [3.63, 3.8) is 0 Å². The lowest BCUT2D eigenvalue weighted by atomic mass is 10.2. The van der Waals surface area contributed by atoms with Crippen LogP contribution in [0.2, 0.25) is 0 Å². The number of morpholine rings is 1. The number of imidazole rings is 1. The minimum atomic E-state index is -0.393. The number of ether oxygens (including phenoxy) is 1. The number of halogens is 1. The number of nitrogens with one attached hydrogen (secondary N) is 3. The molecule has 1 fully saturated rings. The van der Waals surface area contributed by atoms with Gasteiger partial charge in [0.15, 0.2) is 5.13 Å². The Morgan fingerprint density at radius 2 is 2.24 bits per heavy atom. The number of nitrogens with zero attached hydrogens (tertiary/aromatic N) is 5. The summed E-state index contributed by atoms with van der Waals surface area (Å²) in [5, 5.41) is 9.79. The van der Waals surface area contributed by atoms with Crippen molar-refractivity contribution in [3.05, 3.63) is 48.9 Å². The molecule has 5 rings (SSSR count). The zero-order chi connectivity index (χ0) is 22.6. The van der Waals surface area contributed by atoms with Gasteiger partial charge in [-0.15, -0.1) is 0 Å². The molecule has 5 heterocycles. The molecule has 12 heteroatoms. The van der Waals surface area contributed by atoms with Crippen LogP contribution in [0.1, 0.15) is 0 Å². The van der Waals surface area contributed by atoms with Gasteiger partial charge in [0.25, 0.3) is 0 Å².